The summed E-state index contributed by atoms with van der Waals surface area (Å²) in [4.78, 5) is 12.4. The maximum Gasteiger partial charge on any atom is 0.339 e. The molecule has 0 unspecified atom stereocenters. The molecule has 1 aliphatic rings. The average molecular weight is 341 g/mol. The van der Waals surface area contributed by atoms with Crippen LogP contribution in [0, 0.1) is 0 Å². The molecule has 2 N–H and O–H groups in total. The first kappa shape index (κ1) is 16.7. The van der Waals surface area contributed by atoms with Gasteiger partial charge in [0, 0.05) is 11.3 Å². The number of rotatable bonds is 5. The van der Waals surface area contributed by atoms with Gasteiger partial charge in [0.1, 0.15) is 6.61 Å². The van der Waals surface area contributed by atoms with Crippen LogP contribution < -0.4 is 19.9 Å². The molecule has 0 aromatic heterocycles. The number of nitrogen functional groups attached to an aromatic ring is 1. The second kappa shape index (κ2) is 6.76. The van der Waals surface area contributed by atoms with E-state index >= 15 is 0 Å². The highest BCUT2D eigenvalue weighted by Gasteiger charge is 2.29. The quantitative estimate of drug-likeness (QED) is 0.665. The third kappa shape index (κ3) is 2.98. The standard InChI is InChI=1S/C19H19NO5/c1-22-15-8-12(9-16(23-2)18(15)24-3)17-14(10-25-19(17)21)11-4-6-13(20)7-5-11/h4-9H,10,20H2,1-3H3. The molecule has 2 aromatic carbocycles. The molecule has 0 amide bonds. The Kier molecular flexibility index (Phi) is 4.52. The molecule has 0 saturated heterocycles. The molecule has 1 heterocycles. The van der Waals surface area contributed by atoms with Crippen molar-refractivity contribution in [3.63, 3.8) is 0 Å². The molecular weight excluding hydrogens is 322 g/mol. The number of cyclic esters (lactones) is 1. The van der Waals surface area contributed by atoms with Crippen LogP contribution in [0.4, 0.5) is 5.69 Å². The smallest absolute Gasteiger partial charge is 0.339 e. The van der Waals surface area contributed by atoms with Gasteiger partial charge in [0.15, 0.2) is 11.5 Å². The predicted molar refractivity (Wildman–Crippen MR) is 94.7 cm³/mol. The second-order valence-corrected chi connectivity index (χ2v) is 5.47. The van der Waals surface area contributed by atoms with E-state index < -0.39 is 0 Å². The zero-order chi connectivity index (χ0) is 18.0. The molecule has 1 aliphatic heterocycles. The Balaban J connectivity index is 2.19. The van der Waals surface area contributed by atoms with Crippen molar-refractivity contribution in [2.75, 3.05) is 33.7 Å². The van der Waals surface area contributed by atoms with Gasteiger partial charge in [-0.3, -0.25) is 0 Å². The Morgan fingerprint density at radius 3 is 2.04 bits per heavy atom. The number of carbonyl (C=O) groups excluding carboxylic acids is 1. The summed E-state index contributed by atoms with van der Waals surface area (Å²) in [7, 11) is 4.59. The molecule has 25 heavy (non-hydrogen) atoms. The number of hydrogen-bond donors (Lipinski definition) is 1. The zero-order valence-electron chi connectivity index (χ0n) is 14.3. The molecule has 0 radical (unpaired) electrons. The molecule has 6 nitrogen and oxygen atoms in total. The fraction of sp³-hybridized carbons (Fsp3) is 0.211. The summed E-state index contributed by atoms with van der Waals surface area (Å²) >= 11 is 0. The highest BCUT2D eigenvalue weighted by atomic mass is 16.5. The minimum atomic E-state index is -0.388. The summed E-state index contributed by atoms with van der Waals surface area (Å²) in [5, 5.41) is 0. The monoisotopic (exact) mass is 341 g/mol. The maximum atomic E-state index is 12.4. The van der Waals surface area contributed by atoms with E-state index in [9.17, 15) is 4.79 Å². The normalized spacial score (nSPS) is 13.6. The van der Waals surface area contributed by atoms with E-state index in [0.717, 1.165) is 11.1 Å². The molecule has 0 fully saturated rings. The molecule has 0 spiro atoms. The van der Waals surface area contributed by atoms with Gasteiger partial charge in [-0.2, -0.15) is 0 Å². The highest BCUT2D eigenvalue weighted by molar-refractivity contribution is 6.27. The lowest BCUT2D eigenvalue weighted by molar-refractivity contribution is -0.133. The summed E-state index contributed by atoms with van der Waals surface area (Å²) in [5.74, 6) is 1.03. The highest BCUT2D eigenvalue weighted by Crippen LogP contribution is 2.42. The van der Waals surface area contributed by atoms with E-state index in [2.05, 4.69) is 0 Å². The van der Waals surface area contributed by atoms with Gasteiger partial charge in [0.05, 0.1) is 26.9 Å². The zero-order valence-corrected chi connectivity index (χ0v) is 14.3. The molecule has 0 saturated carbocycles. The number of hydrogen-bond acceptors (Lipinski definition) is 6. The van der Waals surface area contributed by atoms with Crippen LogP contribution in [0.2, 0.25) is 0 Å². The summed E-state index contributed by atoms with van der Waals surface area (Å²) in [6.07, 6.45) is 0. The van der Waals surface area contributed by atoms with E-state index in [1.807, 2.05) is 12.1 Å². The predicted octanol–water partition coefficient (Wildman–Crippen LogP) is 2.76. The van der Waals surface area contributed by atoms with Crippen LogP contribution in [-0.4, -0.2) is 33.9 Å². The fourth-order valence-corrected chi connectivity index (χ4v) is 2.83. The number of methoxy groups -OCH3 is 3. The van der Waals surface area contributed by atoms with Crippen molar-refractivity contribution < 1.29 is 23.7 Å². The minimum Gasteiger partial charge on any atom is -0.493 e. The lowest BCUT2D eigenvalue weighted by Crippen LogP contribution is -2.01. The lowest BCUT2D eigenvalue weighted by Gasteiger charge is -2.14. The second-order valence-electron chi connectivity index (χ2n) is 5.47. The summed E-state index contributed by atoms with van der Waals surface area (Å²) in [5.41, 5.74) is 9.19. The summed E-state index contributed by atoms with van der Waals surface area (Å²) in [6.45, 7) is 0.203. The third-order valence-electron chi connectivity index (χ3n) is 4.07. The maximum absolute atomic E-state index is 12.4. The van der Waals surface area contributed by atoms with Gasteiger partial charge in [-0.25, -0.2) is 4.79 Å². The topological polar surface area (TPSA) is 80.0 Å². The fourth-order valence-electron chi connectivity index (χ4n) is 2.83. The van der Waals surface area contributed by atoms with Gasteiger partial charge < -0.3 is 24.7 Å². The number of benzene rings is 2. The number of nitrogens with two attached hydrogens (primary N) is 1. The van der Waals surface area contributed by atoms with Crippen LogP contribution in [0.15, 0.2) is 36.4 Å². The van der Waals surface area contributed by atoms with Crippen LogP contribution in [-0.2, 0) is 9.53 Å². The Morgan fingerprint density at radius 1 is 0.920 bits per heavy atom. The molecule has 2 aromatic rings. The van der Waals surface area contributed by atoms with E-state index in [0.29, 0.717) is 34.1 Å². The molecule has 3 rings (SSSR count). The molecule has 0 atom stereocenters. The van der Waals surface area contributed by atoms with Crippen LogP contribution in [0.3, 0.4) is 0 Å². The van der Waals surface area contributed by atoms with Gasteiger partial charge in [0.25, 0.3) is 0 Å². The van der Waals surface area contributed by atoms with E-state index in [-0.39, 0.29) is 12.6 Å². The van der Waals surface area contributed by atoms with Crippen LogP contribution in [0.5, 0.6) is 17.2 Å². The van der Waals surface area contributed by atoms with Gasteiger partial charge >= 0.3 is 5.97 Å². The van der Waals surface area contributed by atoms with Crippen molar-refractivity contribution in [3.8, 4) is 17.2 Å². The third-order valence-corrected chi connectivity index (χ3v) is 4.07. The van der Waals surface area contributed by atoms with Gasteiger partial charge in [-0.05, 0) is 35.4 Å². The van der Waals surface area contributed by atoms with Gasteiger partial charge in [-0.1, -0.05) is 12.1 Å². The van der Waals surface area contributed by atoms with Crippen molar-refractivity contribution in [1.82, 2.24) is 0 Å². The Labute approximate surface area is 145 Å². The van der Waals surface area contributed by atoms with Crippen molar-refractivity contribution in [3.05, 3.63) is 47.5 Å². The number of anilines is 1. The van der Waals surface area contributed by atoms with E-state index in [1.165, 1.54) is 21.3 Å². The first-order chi connectivity index (χ1) is 12.1. The first-order valence-corrected chi connectivity index (χ1v) is 7.65. The van der Waals surface area contributed by atoms with Crippen molar-refractivity contribution in [2.24, 2.45) is 0 Å². The van der Waals surface area contributed by atoms with Crippen LogP contribution >= 0.6 is 0 Å². The number of ether oxygens (including phenoxy) is 4. The molecule has 6 heteroatoms. The van der Waals surface area contributed by atoms with Crippen LogP contribution in [0.1, 0.15) is 11.1 Å². The van der Waals surface area contributed by atoms with Crippen molar-refractivity contribution in [2.45, 2.75) is 0 Å². The van der Waals surface area contributed by atoms with Crippen molar-refractivity contribution in [1.29, 1.82) is 0 Å². The minimum absolute atomic E-state index is 0.203. The number of esters is 1. The molecule has 130 valence electrons. The average Bonchev–Trinajstić information content (AvgIpc) is 3.02. The first-order valence-electron chi connectivity index (χ1n) is 7.65. The Hall–Kier alpha value is -3.15. The largest absolute Gasteiger partial charge is 0.493 e. The Bertz CT molecular complexity index is 814. The molecule has 0 aliphatic carbocycles. The van der Waals surface area contributed by atoms with E-state index in [1.54, 1.807) is 24.3 Å². The van der Waals surface area contributed by atoms with E-state index in [4.69, 9.17) is 24.7 Å². The summed E-state index contributed by atoms with van der Waals surface area (Å²) in [6, 6.07) is 10.8. The van der Waals surface area contributed by atoms with Gasteiger partial charge in [0.2, 0.25) is 5.75 Å². The number of carbonyl (C=O) groups is 1. The molecular formula is C19H19NO5. The van der Waals surface area contributed by atoms with Crippen molar-refractivity contribution >= 4 is 22.8 Å². The molecule has 0 bridgehead atoms. The SMILES string of the molecule is COc1cc(C2=C(c3ccc(N)cc3)COC2=O)cc(OC)c1OC. The summed E-state index contributed by atoms with van der Waals surface area (Å²) < 4.78 is 21.3. The lowest BCUT2D eigenvalue weighted by atomic mass is 9.96. The Morgan fingerprint density at radius 2 is 1.52 bits per heavy atom. The van der Waals surface area contributed by atoms with Crippen LogP contribution in [0.25, 0.3) is 11.1 Å². The van der Waals surface area contributed by atoms with Gasteiger partial charge in [-0.15, -0.1) is 0 Å².